The number of esters is 1. The predicted molar refractivity (Wildman–Crippen MR) is 163 cm³/mol. The van der Waals surface area contributed by atoms with Gasteiger partial charge in [-0.25, -0.2) is 22.7 Å². The number of ether oxygens (including phenoxy) is 2. The van der Waals surface area contributed by atoms with E-state index < -0.39 is 39.1 Å². The van der Waals surface area contributed by atoms with Crippen LogP contribution >= 0.6 is 23.2 Å². The van der Waals surface area contributed by atoms with Crippen LogP contribution in [0.2, 0.25) is 10.0 Å². The highest BCUT2D eigenvalue weighted by Crippen LogP contribution is 2.48. The summed E-state index contributed by atoms with van der Waals surface area (Å²) in [4.78, 5) is 27.8. The first-order valence-electron chi connectivity index (χ1n) is 14.9. The number of primary sulfonamides is 1. The number of piperidine rings is 1. The van der Waals surface area contributed by atoms with Crippen molar-refractivity contribution in [1.29, 1.82) is 0 Å². The van der Waals surface area contributed by atoms with E-state index in [-0.39, 0.29) is 42.6 Å². The fourth-order valence-electron chi connectivity index (χ4n) is 6.99. The molecule has 0 spiro atoms. The molecule has 0 unspecified atom stereocenters. The van der Waals surface area contributed by atoms with Gasteiger partial charge in [0, 0.05) is 28.8 Å². The molecule has 1 aliphatic heterocycles. The van der Waals surface area contributed by atoms with E-state index in [1.165, 1.54) is 12.1 Å². The van der Waals surface area contributed by atoms with Gasteiger partial charge in [-0.15, -0.1) is 0 Å². The highest BCUT2D eigenvalue weighted by molar-refractivity contribution is 7.89. The van der Waals surface area contributed by atoms with Crippen LogP contribution in [0.1, 0.15) is 72.5 Å². The second-order valence-corrected chi connectivity index (χ2v) is 14.8. The van der Waals surface area contributed by atoms with Gasteiger partial charge in [0.15, 0.2) is 0 Å². The number of anilines is 1. The van der Waals surface area contributed by atoms with Crippen LogP contribution in [0.4, 0.5) is 10.1 Å². The van der Waals surface area contributed by atoms with Gasteiger partial charge in [-0.2, -0.15) is 0 Å². The molecule has 3 saturated carbocycles. The van der Waals surface area contributed by atoms with Gasteiger partial charge in [0.2, 0.25) is 15.9 Å². The Hall–Kier alpha value is -3.03. The monoisotopic (exact) mass is 677 g/mol. The van der Waals surface area contributed by atoms with Crippen molar-refractivity contribution in [2.24, 2.45) is 11.1 Å². The maximum atomic E-state index is 15.2. The Balaban J connectivity index is 1.03. The Labute approximate surface area is 269 Å². The van der Waals surface area contributed by atoms with Crippen molar-refractivity contribution >= 4 is 50.8 Å². The summed E-state index contributed by atoms with van der Waals surface area (Å²) in [5, 5.41) is 9.45. The summed E-state index contributed by atoms with van der Waals surface area (Å²) in [5.74, 6) is -1.44. The number of aromatic nitrogens is 1. The minimum absolute atomic E-state index is 0.173. The Morgan fingerprint density at radius 1 is 1.09 bits per heavy atom. The number of rotatable bonds is 9. The molecule has 7 rings (SSSR count). The van der Waals surface area contributed by atoms with Gasteiger partial charge in [-0.3, -0.25) is 4.79 Å². The number of fused-ring (bicyclic) bond motifs is 2. The average molecular weight is 679 g/mol. The SMILES string of the molecule is NS(=O)(=O)[C@@H]1CCC[C@H]1OC(=O)c1ccc(N2C(=O)[C@@H]3C[C@H]2C[C@H]3OCc2c(-c3c(Cl)cccc3Cl)noc2C2CC2)cc1F. The summed E-state index contributed by atoms with van der Waals surface area (Å²) in [7, 11) is -3.91. The van der Waals surface area contributed by atoms with Gasteiger partial charge in [0.25, 0.3) is 0 Å². The van der Waals surface area contributed by atoms with E-state index in [9.17, 15) is 18.0 Å². The number of hydrogen-bond acceptors (Lipinski definition) is 8. The number of amides is 1. The van der Waals surface area contributed by atoms with E-state index in [0.717, 1.165) is 30.2 Å². The molecule has 238 valence electrons. The Bertz CT molecular complexity index is 1780. The molecule has 14 heteroatoms. The minimum atomic E-state index is -3.91. The van der Waals surface area contributed by atoms with E-state index in [4.69, 9.17) is 42.3 Å². The Morgan fingerprint density at radius 3 is 2.51 bits per heavy atom. The molecule has 0 radical (unpaired) electrons. The van der Waals surface area contributed by atoms with Crippen LogP contribution in [0.25, 0.3) is 11.3 Å². The lowest BCUT2D eigenvalue weighted by atomic mass is 10.0. The van der Waals surface area contributed by atoms with Crippen LogP contribution in [0.5, 0.6) is 0 Å². The van der Waals surface area contributed by atoms with Gasteiger partial charge in [0.05, 0.1) is 34.2 Å². The molecule has 2 bridgehead atoms. The fraction of sp³-hybridized carbons (Fsp3) is 0.452. The summed E-state index contributed by atoms with van der Waals surface area (Å²) in [5.41, 5.74) is 1.87. The third-order valence-corrected chi connectivity index (χ3v) is 11.3. The van der Waals surface area contributed by atoms with Crippen LogP contribution in [0.3, 0.4) is 0 Å². The van der Waals surface area contributed by atoms with E-state index in [1.807, 2.05) is 0 Å². The van der Waals surface area contributed by atoms with Crippen molar-refractivity contribution < 1.29 is 36.4 Å². The third-order valence-electron chi connectivity index (χ3n) is 9.33. The number of benzene rings is 2. The molecule has 4 fully saturated rings. The maximum absolute atomic E-state index is 15.2. The first kappa shape index (κ1) is 30.6. The number of carbonyl (C=O) groups excluding carboxylic acids is 2. The largest absolute Gasteiger partial charge is 0.457 e. The molecule has 10 nitrogen and oxygen atoms in total. The first-order chi connectivity index (χ1) is 21.5. The topological polar surface area (TPSA) is 142 Å². The van der Waals surface area contributed by atoms with E-state index in [2.05, 4.69) is 5.16 Å². The highest BCUT2D eigenvalue weighted by Gasteiger charge is 2.52. The molecular weight excluding hydrogens is 648 g/mol. The zero-order valence-electron chi connectivity index (χ0n) is 24.0. The highest BCUT2D eigenvalue weighted by atomic mass is 35.5. The molecule has 3 aromatic rings. The summed E-state index contributed by atoms with van der Waals surface area (Å²) >= 11 is 12.9. The molecule has 3 aliphatic carbocycles. The molecule has 1 aromatic heterocycles. The van der Waals surface area contributed by atoms with Crippen molar-refractivity contribution in [3.05, 3.63) is 69.1 Å². The summed E-state index contributed by atoms with van der Waals surface area (Å²) in [6.45, 7) is 0.173. The fourth-order valence-corrected chi connectivity index (χ4v) is 8.67. The molecule has 1 amide bonds. The second kappa shape index (κ2) is 11.6. The molecule has 4 aliphatic rings. The van der Waals surface area contributed by atoms with Gasteiger partial charge >= 0.3 is 5.97 Å². The van der Waals surface area contributed by atoms with Gasteiger partial charge in [-0.05, 0) is 75.3 Å². The Kier molecular flexibility index (Phi) is 7.92. The Morgan fingerprint density at radius 2 is 1.84 bits per heavy atom. The number of carbonyl (C=O) groups is 2. The van der Waals surface area contributed by atoms with Gasteiger partial charge in [0.1, 0.15) is 28.6 Å². The maximum Gasteiger partial charge on any atom is 0.341 e. The molecule has 2 N–H and O–H groups in total. The average Bonchev–Trinajstić information content (AvgIpc) is 3.28. The number of nitrogens with two attached hydrogens (primary N) is 1. The smallest absolute Gasteiger partial charge is 0.341 e. The number of hydrogen-bond donors (Lipinski definition) is 1. The standard InChI is InChI=1S/C31H30Cl2FN3O7S/c32-21-3-1-4-22(33)27(21)28-20(29(44-36-28)15-7-8-15)14-42-25-13-17-11-19(25)30(38)37(17)16-9-10-18(23(34)12-16)31(39)43-24-5-2-6-26(24)45(35,40)41/h1,3-4,9-10,12,15,17,19,24-26H,2,5-8,11,13-14H2,(H2,35,40,41)/t17-,19+,24+,25+,26+/m0/s1. The lowest BCUT2D eigenvalue weighted by Crippen LogP contribution is -2.43. The van der Waals surface area contributed by atoms with E-state index in [0.29, 0.717) is 52.7 Å². The van der Waals surface area contributed by atoms with Gasteiger partial charge in [-0.1, -0.05) is 34.4 Å². The molecule has 5 atom stereocenters. The lowest BCUT2D eigenvalue weighted by molar-refractivity contribution is -0.126. The van der Waals surface area contributed by atoms with Crippen molar-refractivity contribution in [3.63, 3.8) is 0 Å². The van der Waals surface area contributed by atoms with Crippen LogP contribution in [0, 0.1) is 11.7 Å². The van der Waals surface area contributed by atoms with Crippen LogP contribution in [-0.4, -0.2) is 49.0 Å². The van der Waals surface area contributed by atoms with Gasteiger partial charge < -0.3 is 18.9 Å². The van der Waals surface area contributed by atoms with E-state index >= 15 is 4.39 Å². The molecular formula is C31H30Cl2FN3O7S. The number of nitrogens with zero attached hydrogens (tertiary/aromatic N) is 2. The zero-order valence-corrected chi connectivity index (χ0v) is 26.3. The number of halogens is 3. The predicted octanol–water partition coefficient (Wildman–Crippen LogP) is 5.74. The van der Waals surface area contributed by atoms with Crippen LogP contribution in [-0.2, 0) is 30.9 Å². The molecule has 2 heterocycles. The summed E-state index contributed by atoms with van der Waals surface area (Å²) in [6.07, 6.45) is 2.92. The zero-order chi connectivity index (χ0) is 31.6. The first-order valence-corrected chi connectivity index (χ1v) is 17.3. The molecule has 45 heavy (non-hydrogen) atoms. The summed E-state index contributed by atoms with van der Waals surface area (Å²) < 4.78 is 56.3. The minimum Gasteiger partial charge on any atom is -0.457 e. The number of sulfonamides is 1. The van der Waals surface area contributed by atoms with Crippen molar-refractivity contribution in [2.45, 2.75) is 81.0 Å². The van der Waals surface area contributed by atoms with Crippen molar-refractivity contribution in [1.82, 2.24) is 5.16 Å². The lowest BCUT2D eigenvalue weighted by Gasteiger charge is -2.31. The summed E-state index contributed by atoms with van der Waals surface area (Å²) in [6, 6.07) is 8.91. The molecule has 2 aromatic carbocycles. The second-order valence-electron chi connectivity index (χ2n) is 12.2. The normalized spacial score (nSPS) is 26.2. The quantitative estimate of drug-likeness (QED) is 0.283. The van der Waals surface area contributed by atoms with Crippen molar-refractivity contribution in [2.75, 3.05) is 4.90 Å². The van der Waals surface area contributed by atoms with E-state index in [1.54, 1.807) is 23.1 Å². The third kappa shape index (κ3) is 5.65. The molecule has 1 saturated heterocycles. The van der Waals surface area contributed by atoms with Crippen molar-refractivity contribution in [3.8, 4) is 11.3 Å². The van der Waals surface area contributed by atoms with Crippen LogP contribution < -0.4 is 10.0 Å². The van der Waals surface area contributed by atoms with Crippen LogP contribution in [0.15, 0.2) is 40.9 Å².